The normalized spacial score (nSPS) is 16.6. The molecule has 1 fully saturated rings. The number of carbonyl (C=O) groups excluding carboxylic acids is 1. The first-order valence-electron chi connectivity index (χ1n) is 11.2. The number of hydrogen-bond acceptors (Lipinski definition) is 8. The van der Waals surface area contributed by atoms with E-state index in [0.29, 0.717) is 35.8 Å². The molecule has 11 nitrogen and oxygen atoms in total. The van der Waals surface area contributed by atoms with E-state index in [1.54, 1.807) is 22.1 Å². The van der Waals surface area contributed by atoms with Gasteiger partial charge in [-0.3, -0.25) is 0 Å². The van der Waals surface area contributed by atoms with Crippen LogP contribution in [0, 0.1) is 0 Å². The molecule has 1 aliphatic heterocycles. The number of ether oxygens (including phenoxy) is 2. The molecule has 176 valence electrons. The van der Waals surface area contributed by atoms with Gasteiger partial charge >= 0.3 is 6.09 Å². The van der Waals surface area contributed by atoms with Gasteiger partial charge in [-0.25, -0.2) is 29.1 Å². The number of piperidine rings is 1. The van der Waals surface area contributed by atoms with E-state index in [0.717, 1.165) is 18.5 Å². The van der Waals surface area contributed by atoms with Gasteiger partial charge in [-0.2, -0.15) is 10.2 Å². The van der Waals surface area contributed by atoms with Crippen molar-refractivity contribution in [1.29, 1.82) is 0 Å². The van der Waals surface area contributed by atoms with Gasteiger partial charge < -0.3 is 14.4 Å². The van der Waals surface area contributed by atoms with Crippen LogP contribution in [0.5, 0.6) is 11.6 Å². The molecule has 0 radical (unpaired) electrons. The van der Waals surface area contributed by atoms with Crippen LogP contribution in [-0.2, 0) is 4.74 Å². The molecule has 4 heterocycles. The van der Waals surface area contributed by atoms with Gasteiger partial charge in [0.15, 0.2) is 5.65 Å². The zero-order chi connectivity index (χ0) is 23.7. The minimum absolute atomic E-state index is 0.0107. The molecule has 5 rings (SSSR count). The van der Waals surface area contributed by atoms with Crippen LogP contribution < -0.4 is 4.74 Å². The van der Waals surface area contributed by atoms with E-state index in [-0.39, 0.29) is 12.1 Å². The Bertz CT molecular complexity index is 1280. The molecule has 1 saturated heterocycles. The van der Waals surface area contributed by atoms with Gasteiger partial charge in [0.05, 0.1) is 17.9 Å². The smallest absolute Gasteiger partial charge is 0.410 e. The van der Waals surface area contributed by atoms with Crippen LogP contribution in [0.3, 0.4) is 0 Å². The fraction of sp³-hybridized carbons (Fsp3) is 0.391. The van der Waals surface area contributed by atoms with Crippen LogP contribution >= 0.6 is 0 Å². The molecule has 1 aromatic carbocycles. The number of likely N-dealkylation sites (tertiary alicyclic amines) is 1. The summed E-state index contributed by atoms with van der Waals surface area (Å²) in [5.41, 5.74) is 1.01. The number of hydrogen-bond donors (Lipinski definition) is 0. The lowest BCUT2D eigenvalue weighted by atomic mass is 10.1. The van der Waals surface area contributed by atoms with Crippen molar-refractivity contribution in [2.75, 3.05) is 13.1 Å². The van der Waals surface area contributed by atoms with Crippen molar-refractivity contribution in [2.45, 2.75) is 45.3 Å². The standard InChI is InChI=1S/C23H26N8O3/c1-23(2,3)34-22(32)29-10-4-5-17(12-29)31-20-19(11-27-31)21(26-14-25-20)33-18-8-6-16(7-9-18)30-15-24-13-28-30/h6-9,11,13-15,17H,4-5,10,12H2,1-3H3. The number of fused-ring (bicyclic) bond motifs is 1. The van der Waals surface area contributed by atoms with Crippen molar-refractivity contribution in [3.8, 4) is 17.3 Å². The Morgan fingerprint density at radius 3 is 2.65 bits per heavy atom. The SMILES string of the molecule is CC(C)(C)OC(=O)N1CCCC(n2ncc3c(Oc4ccc(-n5cncn5)cc4)ncnc32)C1. The van der Waals surface area contributed by atoms with Gasteiger partial charge in [-0.15, -0.1) is 0 Å². The maximum absolute atomic E-state index is 12.6. The monoisotopic (exact) mass is 462 g/mol. The summed E-state index contributed by atoms with van der Waals surface area (Å²) in [6.45, 7) is 6.78. The number of benzene rings is 1. The zero-order valence-electron chi connectivity index (χ0n) is 19.3. The fourth-order valence-corrected chi connectivity index (χ4v) is 3.96. The summed E-state index contributed by atoms with van der Waals surface area (Å²) in [6.07, 6.45) is 7.74. The number of amides is 1. The molecular formula is C23H26N8O3. The molecular weight excluding hydrogens is 436 g/mol. The molecule has 1 atom stereocenters. The molecule has 0 aliphatic carbocycles. The summed E-state index contributed by atoms with van der Waals surface area (Å²) < 4.78 is 15.1. The van der Waals surface area contributed by atoms with Gasteiger partial charge in [0.1, 0.15) is 35.7 Å². The largest absolute Gasteiger partial charge is 0.444 e. The molecule has 1 amide bonds. The number of aromatic nitrogens is 7. The summed E-state index contributed by atoms with van der Waals surface area (Å²) >= 11 is 0. The Morgan fingerprint density at radius 2 is 1.91 bits per heavy atom. The third-order valence-corrected chi connectivity index (χ3v) is 5.48. The maximum atomic E-state index is 12.6. The fourth-order valence-electron chi connectivity index (χ4n) is 3.96. The van der Waals surface area contributed by atoms with Crippen LogP contribution in [0.1, 0.15) is 39.7 Å². The number of carbonyl (C=O) groups is 1. The Morgan fingerprint density at radius 1 is 1.09 bits per heavy atom. The molecule has 11 heteroatoms. The predicted molar refractivity (Wildman–Crippen MR) is 123 cm³/mol. The summed E-state index contributed by atoms with van der Waals surface area (Å²) in [4.78, 5) is 27.0. The molecule has 3 aromatic heterocycles. The van der Waals surface area contributed by atoms with Gasteiger partial charge in [0.2, 0.25) is 5.88 Å². The Labute approximate surface area is 196 Å². The van der Waals surface area contributed by atoms with Crippen LogP contribution in [0.4, 0.5) is 4.79 Å². The second kappa shape index (κ2) is 8.73. The topological polar surface area (TPSA) is 113 Å². The lowest BCUT2D eigenvalue weighted by Gasteiger charge is -2.34. The average molecular weight is 463 g/mol. The molecule has 34 heavy (non-hydrogen) atoms. The predicted octanol–water partition coefficient (Wildman–Crippen LogP) is 3.77. The highest BCUT2D eigenvalue weighted by molar-refractivity contribution is 5.80. The van der Waals surface area contributed by atoms with Gasteiger partial charge in [-0.1, -0.05) is 0 Å². The Hall–Kier alpha value is -4.02. The Balaban J connectivity index is 1.35. The van der Waals surface area contributed by atoms with Gasteiger partial charge in [0.25, 0.3) is 0 Å². The minimum Gasteiger partial charge on any atom is -0.444 e. The molecule has 1 aliphatic rings. The van der Waals surface area contributed by atoms with E-state index in [1.165, 1.54) is 12.7 Å². The lowest BCUT2D eigenvalue weighted by Crippen LogP contribution is -2.43. The third-order valence-electron chi connectivity index (χ3n) is 5.48. The minimum atomic E-state index is -0.532. The van der Waals surface area contributed by atoms with Crippen LogP contribution in [0.25, 0.3) is 16.7 Å². The van der Waals surface area contributed by atoms with Crippen molar-refractivity contribution in [3.63, 3.8) is 0 Å². The molecule has 4 aromatic rings. The van der Waals surface area contributed by atoms with Crippen molar-refractivity contribution in [2.24, 2.45) is 0 Å². The van der Waals surface area contributed by atoms with Crippen LogP contribution in [0.15, 0.2) is 49.4 Å². The van der Waals surface area contributed by atoms with Crippen molar-refractivity contribution < 1.29 is 14.3 Å². The van der Waals surface area contributed by atoms with Gasteiger partial charge in [0, 0.05) is 13.1 Å². The van der Waals surface area contributed by atoms with E-state index in [1.807, 2.05) is 49.7 Å². The Kier molecular flexibility index (Phi) is 5.60. The molecule has 0 spiro atoms. The molecule has 0 bridgehead atoms. The van der Waals surface area contributed by atoms with Crippen LogP contribution in [0.2, 0.25) is 0 Å². The lowest BCUT2D eigenvalue weighted by molar-refractivity contribution is 0.0169. The van der Waals surface area contributed by atoms with Gasteiger partial charge in [-0.05, 0) is 57.9 Å². The van der Waals surface area contributed by atoms with Crippen molar-refractivity contribution >= 4 is 17.1 Å². The first-order valence-corrected chi connectivity index (χ1v) is 11.2. The molecule has 1 unspecified atom stereocenters. The molecule has 0 N–H and O–H groups in total. The van der Waals surface area contributed by atoms with E-state index in [4.69, 9.17) is 9.47 Å². The van der Waals surface area contributed by atoms with Crippen molar-refractivity contribution in [1.82, 2.24) is 39.4 Å². The number of nitrogens with zero attached hydrogens (tertiary/aromatic N) is 8. The number of rotatable bonds is 4. The summed E-state index contributed by atoms with van der Waals surface area (Å²) in [5.74, 6) is 1.05. The molecule has 0 saturated carbocycles. The van der Waals surface area contributed by atoms with E-state index >= 15 is 0 Å². The zero-order valence-corrected chi connectivity index (χ0v) is 19.3. The first kappa shape index (κ1) is 21.8. The third kappa shape index (κ3) is 4.54. The van der Waals surface area contributed by atoms with Crippen molar-refractivity contribution in [3.05, 3.63) is 49.4 Å². The van der Waals surface area contributed by atoms with E-state index < -0.39 is 5.60 Å². The van der Waals surface area contributed by atoms with E-state index in [9.17, 15) is 4.79 Å². The highest BCUT2D eigenvalue weighted by Crippen LogP contribution is 2.30. The highest BCUT2D eigenvalue weighted by atomic mass is 16.6. The summed E-state index contributed by atoms with van der Waals surface area (Å²) in [6, 6.07) is 7.45. The summed E-state index contributed by atoms with van der Waals surface area (Å²) in [5, 5.41) is 9.40. The van der Waals surface area contributed by atoms with E-state index in [2.05, 4.69) is 25.1 Å². The quantitative estimate of drug-likeness (QED) is 0.450. The highest BCUT2D eigenvalue weighted by Gasteiger charge is 2.30. The first-order chi connectivity index (χ1) is 16.4. The maximum Gasteiger partial charge on any atom is 0.410 e. The second-order valence-corrected chi connectivity index (χ2v) is 9.16. The average Bonchev–Trinajstić information content (AvgIpc) is 3.50. The second-order valence-electron chi connectivity index (χ2n) is 9.16. The van der Waals surface area contributed by atoms with Crippen LogP contribution in [-0.4, -0.2) is 64.2 Å². The summed E-state index contributed by atoms with van der Waals surface area (Å²) in [7, 11) is 0.